The summed E-state index contributed by atoms with van der Waals surface area (Å²) in [5.41, 5.74) is 2.50. The van der Waals surface area contributed by atoms with Crippen molar-refractivity contribution in [2.75, 3.05) is 48.8 Å². The summed E-state index contributed by atoms with van der Waals surface area (Å²) in [4.78, 5) is 25.9. The zero-order valence-corrected chi connectivity index (χ0v) is 21.2. The number of nitrogens with one attached hydrogen (secondary N) is 1. The summed E-state index contributed by atoms with van der Waals surface area (Å²) in [5.74, 6) is 2.16. The summed E-state index contributed by atoms with van der Waals surface area (Å²) in [6, 6.07) is 20.7. The summed E-state index contributed by atoms with van der Waals surface area (Å²) in [6.07, 6.45) is 3.46. The Morgan fingerprint density at radius 1 is 1.03 bits per heavy atom. The topological polar surface area (TPSA) is 70.6 Å². The molecule has 1 amide bonds. The fourth-order valence-electron chi connectivity index (χ4n) is 4.12. The van der Waals surface area contributed by atoms with Gasteiger partial charge in [0.25, 0.3) is 0 Å². The third kappa shape index (κ3) is 7.36. The maximum atomic E-state index is 12.4. The minimum absolute atomic E-state index is 0.0313. The number of aryl methyl sites for hydroxylation is 1. The number of thioether (sulfide) groups is 1. The lowest BCUT2D eigenvalue weighted by Gasteiger charge is -2.36. The molecule has 7 nitrogen and oxygen atoms in total. The van der Waals surface area contributed by atoms with Crippen LogP contribution in [0.5, 0.6) is 5.75 Å². The fraction of sp³-hybridized carbons (Fsp3) is 0.370. The molecule has 184 valence electrons. The molecule has 1 aliphatic rings. The maximum Gasteiger partial charge on any atom is 0.230 e. The van der Waals surface area contributed by atoms with Crippen LogP contribution in [-0.2, 0) is 11.2 Å². The lowest BCUT2D eigenvalue weighted by Crippen LogP contribution is -2.46. The quantitative estimate of drug-likeness (QED) is 0.339. The molecule has 1 atom stereocenters. The van der Waals surface area contributed by atoms with Crippen LogP contribution < -0.4 is 19.9 Å². The van der Waals surface area contributed by atoms with Gasteiger partial charge in [-0.05, 0) is 49.6 Å². The number of ether oxygens (including phenoxy) is 1. The Morgan fingerprint density at radius 3 is 2.46 bits per heavy atom. The van der Waals surface area contributed by atoms with E-state index in [1.165, 1.54) is 23.0 Å². The Kier molecular flexibility index (Phi) is 8.84. The van der Waals surface area contributed by atoms with Crippen molar-refractivity contribution in [3.05, 3.63) is 72.6 Å². The highest BCUT2D eigenvalue weighted by molar-refractivity contribution is 7.99. The normalized spacial score (nSPS) is 14.5. The van der Waals surface area contributed by atoms with Crippen molar-refractivity contribution in [1.29, 1.82) is 0 Å². The molecule has 4 rings (SSSR count). The van der Waals surface area contributed by atoms with Crippen molar-refractivity contribution in [2.45, 2.75) is 30.8 Å². The number of carbonyl (C=O) groups excluding carboxylic acids is 1. The highest BCUT2D eigenvalue weighted by Crippen LogP contribution is 2.24. The second kappa shape index (κ2) is 12.4. The van der Waals surface area contributed by atoms with E-state index < -0.39 is 0 Å². The van der Waals surface area contributed by atoms with Gasteiger partial charge in [0.15, 0.2) is 0 Å². The predicted octanol–water partition coefficient (Wildman–Crippen LogP) is 4.04. The van der Waals surface area contributed by atoms with Crippen LogP contribution in [0.1, 0.15) is 18.9 Å². The first-order valence-corrected chi connectivity index (χ1v) is 13.0. The van der Waals surface area contributed by atoms with E-state index in [1.54, 1.807) is 13.4 Å². The summed E-state index contributed by atoms with van der Waals surface area (Å²) in [5, 5.41) is 3.92. The number of carbonyl (C=O) groups is 1. The molecule has 1 N–H and O–H groups in total. The number of hydrogen-bond acceptors (Lipinski definition) is 7. The predicted molar refractivity (Wildman–Crippen MR) is 143 cm³/mol. The summed E-state index contributed by atoms with van der Waals surface area (Å²) >= 11 is 1.45. The van der Waals surface area contributed by atoms with Crippen molar-refractivity contribution >= 4 is 29.2 Å². The van der Waals surface area contributed by atoms with E-state index in [2.05, 4.69) is 56.3 Å². The first-order valence-electron chi connectivity index (χ1n) is 12.0. The molecule has 1 saturated heterocycles. The van der Waals surface area contributed by atoms with Crippen LogP contribution in [0, 0.1) is 0 Å². The number of methoxy groups -OCH3 is 1. The van der Waals surface area contributed by atoms with Crippen LogP contribution in [0.25, 0.3) is 0 Å². The number of nitrogens with zero attached hydrogens (tertiary/aromatic N) is 4. The molecule has 0 saturated carbocycles. The van der Waals surface area contributed by atoms with Gasteiger partial charge >= 0.3 is 0 Å². The van der Waals surface area contributed by atoms with Crippen molar-refractivity contribution in [3.63, 3.8) is 0 Å². The van der Waals surface area contributed by atoms with Crippen LogP contribution in [0.4, 0.5) is 11.5 Å². The molecule has 0 bridgehead atoms. The van der Waals surface area contributed by atoms with E-state index in [0.29, 0.717) is 5.75 Å². The minimum atomic E-state index is 0.0313. The molecule has 8 heteroatoms. The Labute approximate surface area is 211 Å². The van der Waals surface area contributed by atoms with E-state index in [1.807, 2.05) is 36.4 Å². The largest absolute Gasteiger partial charge is 0.497 e. The molecular weight excluding hydrogens is 458 g/mol. The number of benzene rings is 2. The van der Waals surface area contributed by atoms with Crippen LogP contribution >= 0.6 is 11.8 Å². The van der Waals surface area contributed by atoms with E-state index in [0.717, 1.165) is 55.6 Å². The lowest BCUT2D eigenvalue weighted by molar-refractivity contribution is -0.119. The molecule has 0 spiro atoms. The van der Waals surface area contributed by atoms with Crippen molar-refractivity contribution < 1.29 is 9.53 Å². The van der Waals surface area contributed by atoms with Gasteiger partial charge in [-0.25, -0.2) is 9.97 Å². The van der Waals surface area contributed by atoms with Gasteiger partial charge < -0.3 is 19.9 Å². The van der Waals surface area contributed by atoms with Gasteiger partial charge in [-0.15, -0.1) is 0 Å². The zero-order chi connectivity index (χ0) is 24.5. The maximum absolute atomic E-state index is 12.4. The summed E-state index contributed by atoms with van der Waals surface area (Å²) in [6.45, 7) is 5.66. The van der Waals surface area contributed by atoms with E-state index >= 15 is 0 Å². The number of aromatic nitrogens is 2. The lowest BCUT2D eigenvalue weighted by atomic mass is 10.1. The van der Waals surface area contributed by atoms with E-state index in [9.17, 15) is 4.79 Å². The first-order chi connectivity index (χ1) is 17.1. The van der Waals surface area contributed by atoms with Gasteiger partial charge in [-0.1, -0.05) is 42.1 Å². The second-order valence-corrected chi connectivity index (χ2v) is 9.66. The molecule has 2 aromatic carbocycles. The molecule has 0 radical (unpaired) electrons. The highest BCUT2D eigenvalue weighted by Gasteiger charge is 2.19. The molecule has 1 fully saturated rings. The fourth-order valence-corrected chi connectivity index (χ4v) is 4.80. The monoisotopic (exact) mass is 491 g/mol. The number of piperazine rings is 1. The summed E-state index contributed by atoms with van der Waals surface area (Å²) < 4.78 is 5.26. The Morgan fingerprint density at radius 2 is 1.74 bits per heavy atom. The van der Waals surface area contributed by atoms with Crippen molar-refractivity contribution in [2.24, 2.45) is 0 Å². The van der Waals surface area contributed by atoms with Crippen LogP contribution in [0.15, 0.2) is 72.0 Å². The molecule has 1 aliphatic heterocycles. The standard InChI is InChI=1S/C27H33N5O2S/c1-21(8-9-22-6-4-3-5-7-22)30-26(33)19-35-27-18-25(28-20-29-27)32-16-14-31(15-17-32)23-10-12-24(34-2)13-11-23/h3-7,10-13,18,20-21H,8-9,14-17,19H2,1-2H3,(H,30,33). The molecule has 1 unspecified atom stereocenters. The number of anilines is 2. The Balaban J connectivity index is 1.22. The zero-order valence-electron chi connectivity index (χ0n) is 20.4. The smallest absolute Gasteiger partial charge is 0.230 e. The minimum Gasteiger partial charge on any atom is -0.497 e. The van der Waals surface area contributed by atoms with Gasteiger partial charge in [0.05, 0.1) is 12.9 Å². The molecule has 2 heterocycles. The van der Waals surface area contributed by atoms with Crippen LogP contribution in [0.2, 0.25) is 0 Å². The SMILES string of the molecule is COc1ccc(N2CCN(c3cc(SCC(=O)NC(C)CCc4ccccc4)ncn3)CC2)cc1. The first kappa shape index (κ1) is 24.9. The van der Waals surface area contributed by atoms with E-state index in [4.69, 9.17) is 4.74 Å². The molecular formula is C27H33N5O2S. The number of amides is 1. The summed E-state index contributed by atoms with van der Waals surface area (Å²) in [7, 11) is 1.68. The molecule has 3 aromatic rings. The van der Waals surface area contributed by atoms with Crippen molar-refractivity contribution in [1.82, 2.24) is 15.3 Å². The third-order valence-electron chi connectivity index (χ3n) is 6.14. The Bertz CT molecular complexity index is 1070. The van der Waals surface area contributed by atoms with Crippen LogP contribution in [0.3, 0.4) is 0 Å². The number of rotatable bonds is 10. The number of hydrogen-bond donors (Lipinski definition) is 1. The van der Waals surface area contributed by atoms with E-state index in [-0.39, 0.29) is 11.9 Å². The average molecular weight is 492 g/mol. The van der Waals surface area contributed by atoms with Gasteiger partial charge in [0.2, 0.25) is 5.91 Å². The highest BCUT2D eigenvalue weighted by atomic mass is 32.2. The molecule has 35 heavy (non-hydrogen) atoms. The Hall–Kier alpha value is -3.26. The van der Waals surface area contributed by atoms with Crippen molar-refractivity contribution in [3.8, 4) is 5.75 Å². The average Bonchev–Trinajstić information content (AvgIpc) is 2.92. The molecule has 1 aromatic heterocycles. The molecule has 0 aliphatic carbocycles. The van der Waals surface area contributed by atoms with Gasteiger partial charge in [0, 0.05) is 44.0 Å². The van der Waals surface area contributed by atoms with Gasteiger partial charge in [-0.3, -0.25) is 4.79 Å². The van der Waals surface area contributed by atoms with Gasteiger partial charge in [0.1, 0.15) is 22.9 Å². The van der Waals surface area contributed by atoms with Gasteiger partial charge in [-0.2, -0.15) is 0 Å². The third-order valence-corrected chi connectivity index (χ3v) is 7.06. The van der Waals surface area contributed by atoms with Crippen LogP contribution in [-0.4, -0.2) is 61.0 Å². The second-order valence-electron chi connectivity index (χ2n) is 8.67.